The van der Waals surface area contributed by atoms with Crippen molar-refractivity contribution in [2.45, 2.75) is 32.1 Å². The number of carbonyl (C=O) groups excluding carboxylic acids is 1. The van der Waals surface area contributed by atoms with Crippen molar-refractivity contribution in [1.29, 1.82) is 0 Å². The number of amides is 1. The summed E-state index contributed by atoms with van der Waals surface area (Å²) in [6.07, 6.45) is -3.90. The molecule has 1 aliphatic heterocycles. The first-order chi connectivity index (χ1) is 9.28. The topological polar surface area (TPSA) is 36.4 Å². The highest BCUT2D eigenvalue weighted by molar-refractivity contribution is 7.09. The first-order valence-electron chi connectivity index (χ1n) is 6.22. The molecule has 1 aliphatic rings. The Kier molecular flexibility index (Phi) is 4.33. The van der Waals surface area contributed by atoms with Gasteiger partial charge in [-0.25, -0.2) is 4.98 Å². The van der Waals surface area contributed by atoms with Gasteiger partial charge in [0.15, 0.2) is 0 Å². The van der Waals surface area contributed by atoms with Crippen LogP contribution in [0.25, 0.3) is 0 Å². The second-order valence-electron chi connectivity index (χ2n) is 4.96. The quantitative estimate of drug-likeness (QED) is 0.854. The highest BCUT2D eigenvalue weighted by Crippen LogP contribution is 2.24. The summed E-state index contributed by atoms with van der Waals surface area (Å²) in [4.78, 5) is 19.9. The Labute approximate surface area is 119 Å². The number of rotatable bonds is 4. The number of nitrogens with zero attached hydrogens (tertiary/aromatic N) is 3. The van der Waals surface area contributed by atoms with E-state index in [2.05, 4.69) is 4.98 Å². The number of likely N-dealkylation sites (tertiary alicyclic amines) is 1. The SMILES string of the molecule is Cc1ncsc1CN(C)[C@H]1CCN(CC(F)(F)F)C1=O. The highest BCUT2D eigenvalue weighted by atomic mass is 32.1. The number of thiazole rings is 1. The fraction of sp³-hybridized carbons (Fsp3) is 0.667. The summed E-state index contributed by atoms with van der Waals surface area (Å²) in [7, 11) is 1.76. The summed E-state index contributed by atoms with van der Waals surface area (Å²) in [5.41, 5.74) is 2.63. The maximum atomic E-state index is 12.4. The first kappa shape index (κ1) is 15.2. The Morgan fingerprint density at radius 3 is 2.80 bits per heavy atom. The lowest BCUT2D eigenvalue weighted by molar-refractivity contribution is -0.159. The zero-order valence-electron chi connectivity index (χ0n) is 11.3. The minimum Gasteiger partial charge on any atom is -0.332 e. The molecule has 4 nitrogen and oxygen atoms in total. The Hall–Kier alpha value is -1.15. The van der Waals surface area contributed by atoms with E-state index in [0.717, 1.165) is 15.5 Å². The third-order valence-corrected chi connectivity index (χ3v) is 4.33. The maximum absolute atomic E-state index is 12.4. The molecule has 0 bridgehead atoms. The number of likely N-dealkylation sites (N-methyl/N-ethyl adjacent to an activating group) is 1. The monoisotopic (exact) mass is 307 g/mol. The molecule has 8 heteroatoms. The molecular formula is C12H16F3N3OS. The van der Waals surface area contributed by atoms with E-state index in [4.69, 9.17) is 0 Å². The molecule has 2 rings (SSSR count). The van der Waals surface area contributed by atoms with E-state index in [0.29, 0.717) is 13.0 Å². The summed E-state index contributed by atoms with van der Waals surface area (Å²) < 4.78 is 37.1. The van der Waals surface area contributed by atoms with Crippen molar-refractivity contribution >= 4 is 17.2 Å². The maximum Gasteiger partial charge on any atom is 0.406 e. The molecule has 0 aromatic carbocycles. The fourth-order valence-corrected chi connectivity index (χ4v) is 3.16. The van der Waals surface area contributed by atoms with Crippen molar-refractivity contribution in [2.24, 2.45) is 0 Å². The number of hydrogen-bond donors (Lipinski definition) is 0. The smallest absolute Gasteiger partial charge is 0.332 e. The number of aromatic nitrogens is 1. The van der Waals surface area contributed by atoms with Crippen LogP contribution in [-0.2, 0) is 11.3 Å². The predicted molar refractivity (Wildman–Crippen MR) is 69.4 cm³/mol. The van der Waals surface area contributed by atoms with E-state index >= 15 is 0 Å². The van der Waals surface area contributed by atoms with Gasteiger partial charge in [0.05, 0.1) is 17.2 Å². The number of aryl methyl sites for hydroxylation is 1. The van der Waals surface area contributed by atoms with Crippen LogP contribution in [0.4, 0.5) is 13.2 Å². The Balaban J connectivity index is 1.97. The van der Waals surface area contributed by atoms with E-state index in [1.807, 2.05) is 6.92 Å². The second-order valence-corrected chi connectivity index (χ2v) is 5.89. The molecular weight excluding hydrogens is 291 g/mol. The molecule has 0 N–H and O–H groups in total. The summed E-state index contributed by atoms with van der Waals surface area (Å²) in [6, 6.07) is -0.473. The Morgan fingerprint density at radius 1 is 1.55 bits per heavy atom. The van der Waals surface area contributed by atoms with E-state index in [9.17, 15) is 18.0 Å². The van der Waals surface area contributed by atoms with Gasteiger partial charge in [-0.15, -0.1) is 11.3 Å². The van der Waals surface area contributed by atoms with E-state index < -0.39 is 24.7 Å². The summed E-state index contributed by atoms with van der Waals surface area (Å²) >= 11 is 1.49. The van der Waals surface area contributed by atoms with Gasteiger partial charge in [0.1, 0.15) is 6.54 Å². The van der Waals surface area contributed by atoms with Crippen LogP contribution in [0, 0.1) is 6.92 Å². The van der Waals surface area contributed by atoms with Gasteiger partial charge in [-0.3, -0.25) is 9.69 Å². The summed E-state index contributed by atoms with van der Waals surface area (Å²) in [5, 5.41) is 0. The molecule has 0 spiro atoms. The number of halogens is 3. The van der Waals surface area contributed by atoms with Crippen molar-refractivity contribution < 1.29 is 18.0 Å². The lowest BCUT2D eigenvalue weighted by Gasteiger charge is -2.23. The number of carbonyl (C=O) groups is 1. The number of alkyl halides is 3. The minimum atomic E-state index is -4.34. The van der Waals surface area contributed by atoms with E-state index in [1.54, 1.807) is 17.5 Å². The molecule has 1 aromatic heterocycles. The van der Waals surface area contributed by atoms with Gasteiger partial charge in [0.25, 0.3) is 0 Å². The van der Waals surface area contributed by atoms with Gasteiger partial charge in [-0.05, 0) is 20.4 Å². The van der Waals surface area contributed by atoms with Gasteiger partial charge in [-0.2, -0.15) is 13.2 Å². The zero-order chi connectivity index (χ0) is 14.9. The lowest BCUT2D eigenvalue weighted by Crippen LogP contribution is -2.42. The van der Waals surface area contributed by atoms with Crippen molar-refractivity contribution in [3.05, 3.63) is 16.1 Å². The first-order valence-corrected chi connectivity index (χ1v) is 7.10. The molecule has 20 heavy (non-hydrogen) atoms. The van der Waals surface area contributed by atoms with Crippen LogP contribution in [-0.4, -0.2) is 53.0 Å². The van der Waals surface area contributed by atoms with E-state index in [-0.39, 0.29) is 6.54 Å². The highest BCUT2D eigenvalue weighted by Gasteiger charge is 2.40. The van der Waals surface area contributed by atoms with Crippen molar-refractivity contribution in [1.82, 2.24) is 14.8 Å². The van der Waals surface area contributed by atoms with Gasteiger partial charge in [-0.1, -0.05) is 0 Å². The van der Waals surface area contributed by atoms with Crippen LogP contribution >= 0.6 is 11.3 Å². The molecule has 0 saturated carbocycles. The molecule has 0 aliphatic carbocycles. The third kappa shape index (κ3) is 3.49. The van der Waals surface area contributed by atoms with E-state index in [1.165, 1.54) is 11.3 Å². The van der Waals surface area contributed by atoms with Crippen molar-refractivity contribution in [2.75, 3.05) is 20.1 Å². The summed E-state index contributed by atoms with van der Waals surface area (Å²) in [6.45, 7) is 1.42. The number of hydrogen-bond acceptors (Lipinski definition) is 4. The standard InChI is InChI=1S/C12H16F3N3OS/c1-8-10(20-7-16-8)5-17(2)9-3-4-18(11(9)19)6-12(13,14)15/h7,9H,3-6H2,1-2H3/t9-/m0/s1. The zero-order valence-corrected chi connectivity index (χ0v) is 12.1. The Morgan fingerprint density at radius 2 is 2.25 bits per heavy atom. The average molecular weight is 307 g/mol. The molecule has 1 aromatic rings. The largest absolute Gasteiger partial charge is 0.406 e. The minimum absolute atomic E-state index is 0.162. The fourth-order valence-electron chi connectivity index (χ4n) is 2.32. The van der Waals surface area contributed by atoms with Gasteiger partial charge >= 0.3 is 6.18 Å². The third-order valence-electron chi connectivity index (χ3n) is 3.41. The van der Waals surface area contributed by atoms with Gasteiger partial charge < -0.3 is 4.90 Å². The molecule has 1 atom stereocenters. The Bertz CT molecular complexity index is 489. The molecule has 2 heterocycles. The molecule has 0 radical (unpaired) electrons. The van der Waals surface area contributed by atoms with Crippen molar-refractivity contribution in [3.8, 4) is 0 Å². The normalized spacial score (nSPS) is 20.2. The van der Waals surface area contributed by atoms with Crippen LogP contribution in [0.15, 0.2) is 5.51 Å². The molecule has 0 unspecified atom stereocenters. The van der Waals surface area contributed by atoms with Crippen LogP contribution in [0.3, 0.4) is 0 Å². The van der Waals surface area contributed by atoms with Crippen LogP contribution in [0.1, 0.15) is 17.0 Å². The van der Waals surface area contributed by atoms with Crippen LogP contribution in [0.5, 0.6) is 0 Å². The summed E-state index contributed by atoms with van der Waals surface area (Å²) in [5.74, 6) is -0.438. The van der Waals surface area contributed by atoms with Crippen molar-refractivity contribution in [3.63, 3.8) is 0 Å². The van der Waals surface area contributed by atoms with Crippen LogP contribution in [0.2, 0.25) is 0 Å². The molecule has 1 amide bonds. The molecule has 1 saturated heterocycles. The lowest BCUT2D eigenvalue weighted by atomic mass is 10.2. The second kappa shape index (κ2) is 5.69. The van der Waals surface area contributed by atoms with Crippen LogP contribution < -0.4 is 0 Å². The average Bonchev–Trinajstić information content (AvgIpc) is 2.86. The predicted octanol–water partition coefficient (Wildman–Crippen LogP) is 2.05. The van der Waals surface area contributed by atoms with Gasteiger partial charge in [0, 0.05) is 18.0 Å². The van der Waals surface area contributed by atoms with Gasteiger partial charge in [0.2, 0.25) is 5.91 Å². The molecule has 112 valence electrons. The molecule has 1 fully saturated rings.